The third-order valence-electron chi connectivity index (χ3n) is 1.40. The van der Waals surface area contributed by atoms with Crippen molar-refractivity contribution in [1.29, 1.82) is 0 Å². The zero-order chi connectivity index (χ0) is 6.69. The zero-order valence-electron chi connectivity index (χ0n) is 5.17. The van der Waals surface area contributed by atoms with E-state index in [-0.39, 0.29) is 12.1 Å². The van der Waals surface area contributed by atoms with Crippen LogP contribution in [0.5, 0.6) is 0 Å². The van der Waals surface area contributed by atoms with Gasteiger partial charge < -0.3 is 9.84 Å². The number of hydrogen-bond acceptors (Lipinski definition) is 3. The van der Waals surface area contributed by atoms with Crippen LogP contribution in [0.25, 0.3) is 0 Å². The quantitative estimate of drug-likeness (QED) is 0.472. The van der Waals surface area contributed by atoms with Gasteiger partial charge in [0.05, 0.1) is 12.7 Å². The lowest BCUT2D eigenvalue weighted by molar-refractivity contribution is -0.142. The third kappa shape index (κ3) is 2.01. The van der Waals surface area contributed by atoms with Crippen molar-refractivity contribution < 1.29 is 14.6 Å². The van der Waals surface area contributed by atoms with Crippen molar-refractivity contribution in [3.8, 4) is 0 Å². The number of cyclic esters (lactones) is 1. The summed E-state index contributed by atoms with van der Waals surface area (Å²) in [6.45, 7) is 0.375. The molecule has 9 heavy (non-hydrogen) atoms. The molecule has 0 bridgehead atoms. The van der Waals surface area contributed by atoms with Gasteiger partial charge in [0.1, 0.15) is 0 Å². The predicted octanol–water partition coefficient (Wildman–Crippen LogP) is 0.0744. The summed E-state index contributed by atoms with van der Waals surface area (Å²) in [4.78, 5) is 10.5. The summed E-state index contributed by atoms with van der Waals surface area (Å²) in [6, 6.07) is 0. The van der Waals surface area contributed by atoms with Crippen molar-refractivity contribution in [2.45, 2.75) is 25.4 Å². The number of rotatable bonds is 0. The predicted molar refractivity (Wildman–Crippen MR) is 30.8 cm³/mol. The van der Waals surface area contributed by atoms with Crippen LogP contribution in [0.15, 0.2) is 0 Å². The summed E-state index contributed by atoms with van der Waals surface area (Å²) in [5.41, 5.74) is 0. The molecule has 0 unspecified atom stereocenters. The van der Waals surface area contributed by atoms with Gasteiger partial charge in [-0.3, -0.25) is 4.79 Å². The fourth-order valence-corrected chi connectivity index (χ4v) is 0.810. The van der Waals surface area contributed by atoms with E-state index < -0.39 is 0 Å². The molecular formula is C6H10O3. The number of aliphatic hydroxyl groups excluding tert-OH is 1. The monoisotopic (exact) mass is 130 g/mol. The number of ether oxygens (including phenoxy) is 1. The first-order valence-electron chi connectivity index (χ1n) is 3.13. The van der Waals surface area contributed by atoms with E-state index in [1.54, 1.807) is 0 Å². The summed E-state index contributed by atoms with van der Waals surface area (Å²) in [5.74, 6) is -0.188. The lowest BCUT2D eigenvalue weighted by Crippen LogP contribution is -2.04. The molecule has 1 atom stereocenters. The van der Waals surface area contributed by atoms with Gasteiger partial charge in [0, 0.05) is 12.8 Å². The summed E-state index contributed by atoms with van der Waals surface area (Å²) in [7, 11) is 0. The van der Waals surface area contributed by atoms with Crippen LogP contribution in [0.4, 0.5) is 0 Å². The molecule has 1 N–H and O–H groups in total. The third-order valence-corrected chi connectivity index (χ3v) is 1.40. The Bertz CT molecular complexity index is 111. The highest BCUT2D eigenvalue weighted by atomic mass is 16.5. The number of carbonyl (C=O) groups excluding carboxylic acids is 1. The lowest BCUT2D eigenvalue weighted by atomic mass is 10.2. The van der Waals surface area contributed by atoms with Crippen LogP contribution in [-0.4, -0.2) is 23.8 Å². The van der Waals surface area contributed by atoms with Gasteiger partial charge in [-0.15, -0.1) is 0 Å². The number of hydrogen-bond donors (Lipinski definition) is 1. The molecule has 1 rings (SSSR count). The topological polar surface area (TPSA) is 46.5 Å². The number of aliphatic hydroxyl groups is 1. The first-order valence-corrected chi connectivity index (χ1v) is 3.13. The van der Waals surface area contributed by atoms with E-state index in [1.165, 1.54) is 0 Å². The molecule has 3 heteroatoms. The Morgan fingerprint density at radius 3 is 3.11 bits per heavy atom. The minimum atomic E-state index is -0.337. The molecule has 1 aliphatic rings. The Kier molecular flexibility index (Phi) is 2.05. The molecule has 52 valence electrons. The van der Waals surface area contributed by atoms with Crippen LogP contribution in [0.3, 0.4) is 0 Å². The maximum atomic E-state index is 10.5. The van der Waals surface area contributed by atoms with E-state index in [0.717, 1.165) is 0 Å². The molecule has 0 amide bonds. The summed E-state index contributed by atoms with van der Waals surface area (Å²) in [6.07, 6.45) is 1.17. The van der Waals surface area contributed by atoms with Crippen LogP contribution in [0, 0.1) is 0 Å². The Morgan fingerprint density at radius 1 is 1.56 bits per heavy atom. The van der Waals surface area contributed by atoms with E-state index in [4.69, 9.17) is 5.11 Å². The Hall–Kier alpha value is -0.570. The van der Waals surface area contributed by atoms with E-state index in [9.17, 15) is 4.79 Å². The fraction of sp³-hybridized carbons (Fsp3) is 0.833. The minimum absolute atomic E-state index is 0.188. The van der Waals surface area contributed by atoms with Gasteiger partial charge >= 0.3 is 5.97 Å². The Labute approximate surface area is 53.6 Å². The molecule has 1 saturated heterocycles. The highest BCUT2D eigenvalue weighted by Crippen LogP contribution is 2.07. The molecule has 1 fully saturated rings. The summed E-state index contributed by atoms with van der Waals surface area (Å²) in [5, 5.41) is 8.97. The fourth-order valence-electron chi connectivity index (χ4n) is 0.810. The van der Waals surface area contributed by atoms with Gasteiger partial charge in [-0.1, -0.05) is 0 Å². The molecule has 3 nitrogen and oxygen atoms in total. The highest BCUT2D eigenvalue weighted by Gasteiger charge is 2.13. The largest absolute Gasteiger partial charge is 0.466 e. The van der Waals surface area contributed by atoms with Crippen LogP contribution in [0.2, 0.25) is 0 Å². The molecule has 0 radical (unpaired) electrons. The molecule has 1 aliphatic heterocycles. The maximum Gasteiger partial charge on any atom is 0.305 e. The van der Waals surface area contributed by atoms with Gasteiger partial charge in [-0.05, 0) is 6.42 Å². The number of carbonyl (C=O) groups is 1. The summed E-state index contributed by atoms with van der Waals surface area (Å²) >= 11 is 0. The molecule has 0 aromatic carbocycles. The normalized spacial score (nSPS) is 29.0. The van der Waals surface area contributed by atoms with Crippen molar-refractivity contribution in [1.82, 2.24) is 0 Å². The van der Waals surface area contributed by atoms with Crippen molar-refractivity contribution in [2.24, 2.45) is 0 Å². The first-order chi connectivity index (χ1) is 4.29. The number of esters is 1. The smallest absolute Gasteiger partial charge is 0.305 e. The second-order valence-corrected chi connectivity index (χ2v) is 2.20. The second-order valence-electron chi connectivity index (χ2n) is 2.20. The average molecular weight is 130 g/mol. The zero-order valence-corrected chi connectivity index (χ0v) is 5.17. The van der Waals surface area contributed by atoms with E-state index >= 15 is 0 Å². The van der Waals surface area contributed by atoms with Crippen molar-refractivity contribution >= 4 is 5.97 Å². The average Bonchev–Trinajstić information content (AvgIpc) is 1.97. The lowest BCUT2D eigenvalue weighted by Gasteiger charge is -2.00. The molecule has 0 spiro atoms. The second kappa shape index (κ2) is 2.82. The van der Waals surface area contributed by atoms with Crippen LogP contribution in [0.1, 0.15) is 19.3 Å². The minimum Gasteiger partial charge on any atom is -0.466 e. The molecule has 0 aliphatic carbocycles. The molecule has 0 aromatic heterocycles. The summed E-state index contributed by atoms with van der Waals surface area (Å²) < 4.78 is 4.67. The van der Waals surface area contributed by atoms with Crippen molar-refractivity contribution in [3.63, 3.8) is 0 Å². The Balaban J connectivity index is 2.34. The molecule has 0 saturated carbocycles. The van der Waals surface area contributed by atoms with Gasteiger partial charge in [0.15, 0.2) is 0 Å². The maximum absolute atomic E-state index is 10.5. The van der Waals surface area contributed by atoms with E-state index in [0.29, 0.717) is 25.9 Å². The van der Waals surface area contributed by atoms with Crippen LogP contribution in [-0.2, 0) is 9.53 Å². The van der Waals surface area contributed by atoms with Gasteiger partial charge in [-0.25, -0.2) is 0 Å². The SMILES string of the molecule is O=C1CC[C@@H](O)CCO1. The van der Waals surface area contributed by atoms with Gasteiger partial charge in [0.2, 0.25) is 0 Å². The molecular weight excluding hydrogens is 120 g/mol. The van der Waals surface area contributed by atoms with Gasteiger partial charge in [-0.2, -0.15) is 0 Å². The standard InChI is InChI=1S/C6H10O3/c7-5-1-2-6(8)9-4-3-5/h5,7H,1-4H2/t5-/m1/s1. The van der Waals surface area contributed by atoms with E-state index in [1.807, 2.05) is 0 Å². The van der Waals surface area contributed by atoms with E-state index in [2.05, 4.69) is 4.74 Å². The van der Waals surface area contributed by atoms with Crippen LogP contribution >= 0.6 is 0 Å². The van der Waals surface area contributed by atoms with Crippen molar-refractivity contribution in [3.05, 3.63) is 0 Å². The first kappa shape index (κ1) is 6.55. The molecule has 1 heterocycles. The van der Waals surface area contributed by atoms with Crippen LogP contribution < -0.4 is 0 Å². The highest BCUT2D eigenvalue weighted by molar-refractivity contribution is 5.69. The molecule has 0 aromatic rings. The van der Waals surface area contributed by atoms with Crippen molar-refractivity contribution in [2.75, 3.05) is 6.61 Å². The Morgan fingerprint density at radius 2 is 2.33 bits per heavy atom. The van der Waals surface area contributed by atoms with Gasteiger partial charge in [0.25, 0.3) is 0 Å².